The van der Waals surface area contributed by atoms with Crippen LogP contribution in [0.1, 0.15) is 80.5 Å². The quantitative estimate of drug-likeness (QED) is 0.118. The summed E-state index contributed by atoms with van der Waals surface area (Å²) in [6, 6.07) is 50.8. The van der Waals surface area contributed by atoms with Gasteiger partial charge in [-0.3, -0.25) is 0 Å². The van der Waals surface area contributed by atoms with Crippen molar-refractivity contribution >= 4 is 17.1 Å². The fourth-order valence-corrected chi connectivity index (χ4v) is 7.01. The Labute approximate surface area is 324 Å². The first-order valence-corrected chi connectivity index (χ1v) is 17.7. The Morgan fingerprint density at radius 3 is 1.90 bits per heavy atom. The molecular formula is C47H46N3OPt-3. The second-order valence-electron chi connectivity index (χ2n) is 15.7. The molecule has 5 aromatic carbocycles. The molecule has 0 spiro atoms. The van der Waals surface area contributed by atoms with E-state index in [4.69, 9.17) is 4.74 Å². The molecule has 5 heteroatoms. The molecule has 0 fully saturated rings. The summed E-state index contributed by atoms with van der Waals surface area (Å²) in [4.78, 5) is 9.04. The van der Waals surface area contributed by atoms with E-state index in [-0.39, 0.29) is 31.9 Å². The summed E-state index contributed by atoms with van der Waals surface area (Å²) in [6.45, 7) is 17.7. The third-order valence-electron chi connectivity index (χ3n) is 9.84. The Bertz CT molecular complexity index is 2130. The maximum atomic E-state index is 6.51. The molecule has 2 heterocycles. The van der Waals surface area contributed by atoms with E-state index in [1.165, 1.54) is 16.8 Å². The number of pyridine rings is 1. The molecule has 7 rings (SSSR count). The zero-order valence-electron chi connectivity index (χ0n) is 31.3. The van der Waals surface area contributed by atoms with Crippen LogP contribution in [0, 0.1) is 25.7 Å². The Kier molecular flexibility index (Phi) is 10.3. The van der Waals surface area contributed by atoms with Crippen LogP contribution in [0.2, 0.25) is 0 Å². The van der Waals surface area contributed by atoms with E-state index in [0.717, 1.165) is 39.2 Å². The van der Waals surface area contributed by atoms with Crippen molar-refractivity contribution in [2.24, 2.45) is 0 Å². The van der Waals surface area contributed by atoms with Gasteiger partial charge in [-0.15, -0.1) is 35.0 Å². The van der Waals surface area contributed by atoms with E-state index in [2.05, 4.69) is 192 Å². The number of benzene rings is 5. The number of ether oxygens (including phenoxy) is 1. The predicted octanol–water partition coefficient (Wildman–Crippen LogP) is 11.5. The molecule has 6 aromatic rings. The predicted molar refractivity (Wildman–Crippen MR) is 210 cm³/mol. The molecule has 52 heavy (non-hydrogen) atoms. The summed E-state index contributed by atoms with van der Waals surface area (Å²) in [7, 11) is 2.11. The van der Waals surface area contributed by atoms with Gasteiger partial charge in [0.05, 0.1) is 0 Å². The fourth-order valence-electron chi connectivity index (χ4n) is 7.01. The van der Waals surface area contributed by atoms with E-state index in [1.54, 1.807) is 0 Å². The first kappa shape index (κ1) is 37.1. The minimum absolute atomic E-state index is 0. The van der Waals surface area contributed by atoms with Crippen molar-refractivity contribution in [3.63, 3.8) is 0 Å². The average Bonchev–Trinajstić information content (AvgIpc) is 3.44. The van der Waals surface area contributed by atoms with Crippen LogP contribution in [0.3, 0.4) is 0 Å². The van der Waals surface area contributed by atoms with Gasteiger partial charge < -0.3 is 14.5 Å². The third kappa shape index (κ3) is 7.06. The summed E-state index contributed by atoms with van der Waals surface area (Å²) in [5.74, 6) is 1.15. The van der Waals surface area contributed by atoms with E-state index < -0.39 is 5.41 Å². The van der Waals surface area contributed by atoms with E-state index in [1.807, 2.05) is 24.4 Å². The van der Waals surface area contributed by atoms with Crippen molar-refractivity contribution in [1.82, 2.24) is 4.98 Å². The van der Waals surface area contributed by atoms with Crippen LogP contribution in [0.5, 0.6) is 11.6 Å². The molecule has 0 aliphatic carbocycles. The molecule has 0 atom stereocenters. The number of aromatic nitrogens is 1. The molecule has 0 amide bonds. The van der Waals surface area contributed by atoms with Gasteiger partial charge in [-0.05, 0) is 65.3 Å². The van der Waals surface area contributed by atoms with Gasteiger partial charge in [0.1, 0.15) is 0 Å². The van der Waals surface area contributed by atoms with E-state index >= 15 is 0 Å². The molecule has 0 saturated carbocycles. The monoisotopic (exact) mass is 863 g/mol. The minimum Gasteiger partial charge on any atom is -0.504 e. The van der Waals surface area contributed by atoms with Gasteiger partial charge in [-0.25, -0.2) is 4.98 Å². The molecule has 1 aliphatic heterocycles. The van der Waals surface area contributed by atoms with Crippen molar-refractivity contribution < 1.29 is 25.8 Å². The first-order valence-electron chi connectivity index (χ1n) is 17.7. The summed E-state index contributed by atoms with van der Waals surface area (Å²) in [5, 5.41) is 0. The van der Waals surface area contributed by atoms with Crippen LogP contribution in [0.25, 0.3) is 0 Å². The maximum absolute atomic E-state index is 6.51. The van der Waals surface area contributed by atoms with E-state index in [0.29, 0.717) is 11.6 Å². The number of nitrogens with zero attached hydrogens (tertiary/aromatic N) is 3. The second kappa shape index (κ2) is 14.4. The smallest absolute Gasteiger partial charge is 0.216 e. The SMILES string of the molecule is Cc1ccc2c(c1)N(C)[CH-]N2c1[c-]c(C(c2[c-]c(Oc3cc(C(C)(C)C)ccn3)ccc2)(c2ccccc2)c2ccccc2)cc(C(C)(C)C)c1.[Pt]. The van der Waals surface area contributed by atoms with Gasteiger partial charge in [0.15, 0.2) is 0 Å². The summed E-state index contributed by atoms with van der Waals surface area (Å²) >= 11 is 0. The van der Waals surface area contributed by atoms with Gasteiger partial charge in [0, 0.05) is 55.9 Å². The standard InChI is InChI=1S/C47H46N3O.Pt/c1-33-22-23-42-43(26-33)49(8)32-50(42)40-28-38(46(5,6)7)27-39(29-40)47(34-16-11-9-12-17-34,35-18-13-10-14-19-35)37-20-15-21-41(30-37)51-44-31-36(24-25-48-44)45(2,3)4;/h9-28,31-32H,1-8H3;/q-3;. The van der Waals surface area contributed by atoms with E-state index in [9.17, 15) is 0 Å². The summed E-state index contributed by atoms with van der Waals surface area (Å²) < 4.78 is 6.51. The van der Waals surface area contributed by atoms with Crippen molar-refractivity contribution in [3.05, 3.63) is 185 Å². The number of hydrogen-bond acceptors (Lipinski definition) is 4. The second-order valence-corrected chi connectivity index (χ2v) is 15.7. The molecule has 0 unspecified atom stereocenters. The molecule has 0 N–H and O–H groups in total. The Morgan fingerprint density at radius 2 is 1.27 bits per heavy atom. The zero-order valence-corrected chi connectivity index (χ0v) is 33.5. The van der Waals surface area contributed by atoms with Gasteiger partial charge in [-0.2, -0.15) is 36.5 Å². The molecule has 0 bridgehead atoms. The Morgan fingerprint density at radius 1 is 0.615 bits per heavy atom. The van der Waals surface area contributed by atoms with Gasteiger partial charge in [0.2, 0.25) is 5.88 Å². The maximum Gasteiger partial charge on any atom is 0.216 e. The van der Waals surface area contributed by atoms with Crippen molar-refractivity contribution in [3.8, 4) is 11.6 Å². The van der Waals surface area contributed by atoms with Crippen molar-refractivity contribution in [2.75, 3.05) is 16.8 Å². The summed E-state index contributed by atoms with van der Waals surface area (Å²) in [5.41, 5.74) is 10.1. The van der Waals surface area contributed by atoms with Gasteiger partial charge in [-0.1, -0.05) is 108 Å². The van der Waals surface area contributed by atoms with Gasteiger partial charge >= 0.3 is 0 Å². The first-order chi connectivity index (χ1) is 24.3. The molecular weight excluding hydrogens is 818 g/mol. The Balaban J connectivity index is 0.00000464. The Hall–Kier alpha value is -4.66. The van der Waals surface area contributed by atoms with Crippen LogP contribution >= 0.6 is 0 Å². The average molecular weight is 864 g/mol. The molecule has 1 aliphatic rings. The number of fused-ring (bicyclic) bond motifs is 1. The van der Waals surface area contributed by atoms with Crippen LogP contribution in [-0.2, 0) is 37.3 Å². The molecule has 268 valence electrons. The summed E-state index contributed by atoms with van der Waals surface area (Å²) in [6.07, 6.45) is 1.82. The fraction of sp³-hybridized carbons (Fsp3) is 0.234. The van der Waals surface area contributed by atoms with Crippen molar-refractivity contribution in [1.29, 1.82) is 0 Å². The van der Waals surface area contributed by atoms with Crippen LogP contribution < -0.4 is 14.5 Å². The number of rotatable bonds is 7. The third-order valence-corrected chi connectivity index (χ3v) is 9.84. The largest absolute Gasteiger partial charge is 0.504 e. The molecule has 0 radical (unpaired) electrons. The molecule has 4 nitrogen and oxygen atoms in total. The van der Waals surface area contributed by atoms with Crippen LogP contribution in [-0.4, -0.2) is 12.0 Å². The molecule has 1 aromatic heterocycles. The molecule has 0 saturated heterocycles. The number of anilines is 3. The van der Waals surface area contributed by atoms with Crippen LogP contribution in [0.4, 0.5) is 17.1 Å². The topological polar surface area (TPSA) is 28.6 Å². The van der Waals surface area contributed by atoms with Gasteiger partial charge in [0.25, 0.3) is 0 Å². The minimum atomic E-state index is -0.791. The number of aryl methyl sites for hydroxylation is 1. The zero-order chi connectivity index (χ0) is 36.0. The number of hydrogen-bond donors (Lipinski definition) is 0. The normalized spacial score (nSPS) is 13.1. The van der Waals surface area contributed by atoms with Crippen LogP contribution in [0.15, 0.2) is 128 Å². The van der Waals surface area contributed by atoms with Crippen molar-refractivity contribution in [2.45, 2.75) is 64.7 Å².